The number of hydrazine groups is 1. The van der Waals surface area contributed by atoms with Crippen LogP contribution in [0, 0.1) is 0 Å². The Morgan fingerprint density at radius 3 is 2.62 bits per heavy atom. The SMILES string of the molecule is NNC(=O)c1cccc(OCCOc2ccccc2Br)c1. The van der Waals surface area contributed by atoms with E-state index in [1.165, 1.54) is 0 Å². The first kappa shape index (κ1) is 15.3. The predicted molar refractivity (Wildman–Crippen MR) is 83.2 cm³/mol. The molecule has 0 unspecified atom stereocenters. The van der Waals surface area contributed by atoms with E-state index in [2.05, 4.69) is 21.4 Å². The van der Waals surface area contributed by atoms with Gasteiger partial charge >= 0.3 is 0 Å². The summed E-state index contributed by atoms with van der Waals surface area (Å²) in [6, 6.07) is 14.4. The van der Waals surface area contributed by atoms with Gasteiger partial charge in [-0.15, -0.1) is 0 Å². The van der Waals surface area contributed by atoms with Crippen LogP contribution in [-0.2, 0) is 0 Å². The second-order valence-electron chi connectivity index (χ2n) is 4.13. The molecule has 21 heavy (non-hydrogen) atoms. The van der Waals surface area contributed by atoms with Crippen molar-refractivity contribution in [3.05, 3.63) is 58.6 Å². The minimum absolute atomic E-state index is 0.357. The van der Waals surface area contributed by atoms with Crippen LogP contribution in [0.4, 0.5) is 0 Å². The Morgan fingerprint density at radius 1 is 1.10 bits per heavy atom. The van der Waals surface area contributed by atoms with Gasteiger partial charge in [-0.2, -0.15) is 0 Å². The summed E-state index contributed by atoms with van der Waals surface area (Å²) in [6.07, 6.45) is 0. The molecule has 0 atom stereocenters. The molecular formula is C15H15BrN2O3. The third-order valence-electron chi connectivity index (χ3n) is 2.67. The number of rotatable bonds is 6. The van der Waals surface area contributed by atoms with Crippen LogP contribution in [0.1, 0.15) is 10.4 Å². The molecule has 0 fully saturated rings. The van der Waals surface area contributed by atoms with Crippen molar-refractivity contribution in [3.63, 3.8) is 0 Å². The van der Waals surface area contributed by atoms with Gasteiger partial charge in [0.15, 0.2) is 0 Å². The molecule has 0 saturated carbocycles. The highest BCUT2D eigenvalue weighted by Gasteiger charge is 2.05. The molecule has 0 heterocycles. The Hall–Kier alpha value is -2.05. The summed E-state index contributed by atoms with van der Waals surface area (Å²) in [5, 5.41) is 0. The van der Waals surface area contributed by atoms with Crippen LogP contribution in [-0.4, -0.2) is 19.1 Å². The first-order valence-corrected chi connectivity index (χ1v) is 7.11. The van der Waals surface area contributed by atoms with Crippen LogP contribution in [0.5, 0.6) is 11.5 Å². The van der Waals surface area contributed by atoms with Crippen molar-refractivity contribution in [2.24, 2.45) is 5.84 Å². The molecule has 1 amide bonds. The number of para-hydroxylation sites is 1. The van der Waals surface area contributed by atoms with Gasteiger partial charge in [-0.05, 0) is 46.3 Å². The van der Waals surface area contributed by atoms with Crippen LogP contribution in [0.3, 0.4) is 0 Å². The van der Waals surface area contributed by atoms with Gasteiger partial charge in [-0.3, -0.25) is 10.2 Å². The third kappa shape index (κ3) is 4.47. The van der Waals surface area contributed by atoms with E-state index in [1.807, 2.05) is 24.3 Å². The smallest absolute Gasteiger partial charge is 0.265 e. The van der Waals surface area contributed by atoms with Gasteiger partial charge < -0.3 is 9.47 Å². The summed E-state index contributed by atoms with van der Waals surface area (Å²) in [6.45, 7) is 0.769. The molecule has 6 heteroatoms. The lowest BCUT2D eigenvalue weighted by Crippen LogP contribution is -2.29. The van der Waals surface area contributed by atoms with Crippen LogP contribution in [0.25, 0.3) is 0 Å². The lowest BCUT2D eigenvalue weighted by molar-refractivity contribution is 0.0953. The van der Waals surface area contributed by atoms with Gasteiger partial charge in [0.1, 0.15) is 24.7 Å². The molecule has 2 aromatic carbocycles. The molecular weight excluding hydrogens is 336 g/mol. The molecule has 0 radical (unpaired) electrons. The molecule has 110 valence electrons. The second-order valence-corrected chi connectivity index (χ2v) is 4.98. The quantitative estimate of drug-likeness (QED) is 0.363. The minimum Gasteiger partial charge on any atom is -0.490 e. The van der Waals surface area contributed by atoms with E-state index < -0.39 is 0 Å². The van der Waals surface area contributed by atoms with Gasteiger partial charge in [-0.25, -0.2) is 5.84 Å². The van der Waals surface area contributed by atoms with Crippen molar-refractivity contribution in [1.82, 2.24) is 5.43 Å². The molecule has 0 aromatic heterocycles. The van der Waals surface area contributed by atoms with Gasteiger partial charge in [0, 0.05) is 5.56 Å². The van der Waals surface area contributed by atoms with E-state index in [1.54, 1.807) is 24.3 Å². The summed E-state index contributed by atoms with van der Waals surface area (Å²) >= 11 is 3.40. The van der Waals surface area contributed by atoms with Crippen molar-refractivity contribution in [3.8, 4) is 11.5 Å². The molecule has 2 rings (SSSR count). The number of ether oxygens (including phenoxy) is 2. The first-order chi connectivity index (χ1) is 10.2. The van der Waals surface area contributed by atoms with E-state index in [9.17, 15) is 4.79 Å². The Bertz CT molecular complexity index is 619. The van der Waals surface area contributed by atoms with E-state index >= 15 is 0 Å². The maximum atomic E-state index is 11.4. The maximum Gasteiger partial charge on any atom is 0.265 e. The Labute approximate surface area is 131 Å². The largest absolute Gasteiger partial charge is 0.490 e. The summed E-state index contributed by atoms with van der Waals surface area (Å²) < 4.78 is 12.0. The number of nitrogens with two attached hydrogens (primary N) is 1. The zero-order valence-electron chi connectivity index (χ0n) is 11.2. The number of amides is 1. The molecule has 0 aliphatic rings. The minimum atomic E-state index is -0.357. The number of nitrogens with one attached hydrogen (secondary N) is 1. The number of hydrogen-bond acceptors (Lipinski definition) is 4. The van der Waals surface area contributed by atoms with E-state index in [0.29, 0.717) is 24.5 Å². The van der Waals surface area contributed by atoms with Gasteiger partial charge in [-0.1, -0.05) is 18.2 Å². The number of hydrogen-bond donors (Lipinski definition) is 2. The van der Waals surface area contributed by atoms with Gasteiger partial charge in [0.2, 0.25) is 0 Å². The number of nitrogen functional groups attached to an aromatic ring is 1. The second kappa shape index (κ2) is 7.66. The van der Waals surface area contributed by atoms with Crippen LogP contribution in [0.15, 0.2) is 53.0 Å². The van der Waals surface area contributed by atoms with Crippen LogP contribution in [0.2, 0.25) is 0 Å². The third-order valence-corrected chi connectivity index (χ3v) is 3.33. The van der Waals surface area contributed by atoms with Crippen molar-refractivity contribution >= 4 is 21.8 Å². The standard InChI is InChI=1S/C15H15BrN2O3/c16-13-6-1-2-7-14(13)21-9-8-20-12-5-3-4-11(10-12)15(19)18-17/h1-7,10H,8-9,17H2,(H,18,19). The molecule has 3 N–H and O–H groups in total. The molecule has 2 aromatic rings. The monoisotopic (exact) mass is 350 g/mol. The Balaban J connectivity index is 1.84. The van der Waals surface area contributed by atoms with Gasteiger partial charge in [0.25, 0.3) is 5.91 Å². The fourth-order valence-corrected chi connectivity index (χ4v) is 2.08. The highest BCUT2D eigenvalue weighted by Crippen LogP contribution is 2.23. The normalized spacial score (nSPS) is 10.0. The summed E-state index contributed by atoms with van der Waals surface area (Å²) in [5.41, 5.74) is 2.53. The highest BCUT2D eigenvalue weighted by atomic mass is 79.9. The molecule has 5 nitrogen and oxygen atoms in total. The van der Waals surface area contributed by atoms with Crippen LogP contribution < -0.4 is 20.7 Å². The molecule has 0 aliphatic carbocycles. The van der Waals surface area contributed by atoms with Crippen molar-refractivity contribution < 1.29 is 14.3 Å². The lowest BCUT2D eigenvalue weighted by Gasteiger charge is -2.10. The summed E-state index contributed by atoms with van der Waals surface area (Å²) in [7, 11) is 0. The summed E-state index contributed by atoms with van der Waals surface area (Å²) in [4.78, 5) is 11.4. The average Bonchev–Trinajstić information content (AvgIpc) is 2.52. The number of carbonyl (C=O) groups is 1. The lowest BCUT2D eigenvalue weighted by atomic mass is 10.2. The predicted octanol–water partition coefficient (Wildman–Crippen LogP) is 2.51. The highest BCUT2D eigenvalue weighted by molar-refractivity contribution is 9.10. The zero-order chi connectivity index (χ0) is 15.1. The molecule has 0 saturated heterocycles. The zero-order valence-corrected chi connectivity index (χ0v) is 12.8. The van der Waals surface area contributed by atoms with Crippen LogP contribution >= 0.6 is 15.9 Å². The molecule has 0 bridgehead atoms. The Kier molecular flexibility index (Phi) is 5.59. The summed E-state index contributed by atoms with van der Waals surface area (Å²) in [5.74, 6) is 6.08. The molecule has 0 spiro atoms. The van der Waals surface area contributed by atoms with E-state index in [-0.39, 0.29) is 5.91 Å². The number of carbonyl (C=O) groups excluding carboxylic acids is 1. The first-order valence-electron chi connectivity index (χ1n) is 6.32. The van der Waals surface area contributed by atoms with E-state index in [4.69, 9.17) is 15.3 Å². The average molecular weight is 351 g/mol. The topological polar surface area (TPSA) is 73.6 Å². The Morgan fingerprint density at radius 2 is 1.86 bits per heavy atom. The van der Waals surface area contributed by atoms with Crippen molar-refractivity contribution in [2.45, 2.75) is 0 Å². The fourth-order valence-electron chi connectivity index (χ4n) is 1.68. The van der Waals surface area contributed by atoms with E-state index in [0.717, 1.165) is 10.2 Å². The van der Waals surface area contributed by atoms with Crippen molar-refractivity contribution in [1.29, 1.82) is 0 Å². The fraction of sp³-hybridized carbons (Fsp3) is 0.133. The van der Waals surface area contributed by atoms with Gasteiger partial charge in [0.05, 0.1) is 4.47 Å². The number of benzene rings is 2. The number of halogens is 1. The molecule has 0 aliphatic heterocycles. The van der Waals surface area contributed by atoms with Crippen molar-refractivity contribution in [2.75, 3.05) is 13.2 Å². The maximum absolute atomic E-state index is 11.4.